The van der Waals surface area contributed by atoms with Gasteiger partial charge in [0.25, 0.3) is 0 Å². The van der Waals surface area contributed by atoms with Crippen molar-refractivity contribution >= 4 is 33.4 Å². The van der Waals surface area contributed by atoms with Crippen LogP contribution < -0.4 is 18.9 Å². The van der Waals surface area contributed by atoms with Crippen LogP contribution in [-0.4, -0.2) is 32.4 Å². The molecular weight excluding hydrogens is 306 g/mol. The SMILES string of the molecule is COc1cc2c([nH]c3c(OC)c(Cl)ccc32)c2c1OCCO2. The summed E-state index contributed by atoms with van der Waals surface area (Å²) in [5, 5.41) is 2.53. The van der Waals surface area contributed by atoms with E-state index in [0.29, 0.717) is 41.2 Å². The Kier molecular flexibility index (Phi) is 2.97. The lowest BCUT2D eigenvalue weighted by atomic mass is 10.1. The van der Waals surface area contributed by atoms with Crippen LogP contribution in [0.2, 0.25) is 5.02 Å². The molecule has 3 aromatic rings. The number of aromatic amines is 1. The Bertz CT molecular complexity index is 887. The van der Waals surface area contributed by atoms with Crippen LogP contribution in [0.25, 0.3) is 21.8 Å². The lowest BCUT2D eigenvalue weighted by Crippen LogP contribution is -2.16. The van der Waals surface area contributed by atoms with E-state index in [1.165, 1.54) is 0 Å². The van der Waals surface area contributed by atoms with Crippen LogP contribution in [0.3, 0.4) is 0 Å². The van der Waals surface area contributed by atoms with E-state index in [2.05, 4.69) is 4.98 Å². The third kappa shape index (κ3) is 1.72. The van der Waals surface area contributed by atoms with Crippen LogP contribution >= 0.6 is 11.6 Å². The number of aromatic nitrogens is 1. The molecule has 0 saturated heterocycles. The molecule has 2 aromatic carbocycles. The summed E-state index contributed by atoms with van der Waals surface area (Å²) in [5.41, 5.74) is 1.68. The molecule has 0 fully saturated rings. The number of methoxy groups -OCH3 is 2. The summed E-state index contributed by atoms with van der Waals surface area (Å²) in [5.74, 6) is 2.55. The van der Waals surface area contributed by atoms with Gasteiger partial charge in [0.1, 0.15) is 13.2 Å². The number of fused-ring (bicyclic) bond motifs is 5. The highest BCUT2D eigenvalue weighted by Crippen LogP contribution is 2.48. The Hall–Kier alpha value is -2.27. The minimum Gasteiger partial charge on any atom is -0.493 e. The van der Waals surface area contributed by atoms with Gasteiger partial charge in [-0.3, -0.25) is 0 Å². The topological polar surface area (TPSA) is 52.7 Å². The van der Waals surface area contributed by atoms with Crippen molar-refractivity contribution in [3.8, 4) is 23.0 Å². The van der Waals surface area contributed by atoms with E-state index in [4.69, 9.17) is 30.5 Å². The van der Waals surface area contributed by atoms with Crippen molar-refractivity contribution in [2.45, 2.75) is 0 Å². The Morgan fingerprint density at radius 2 is 1.77 bits per heavy atom. The Labute approximate surface area is 131 Å². The van der Waals surface area contributed by atoms with E-state index in [1.807, 2.05) is 18.2 Å². The van der Waals surface area contributed by atoms with Gasteiger partial charge >= 0.3 is 0 Å². The highest BCUT2D eigenvalue weighted by atomic mass is 35.5. The fourth-order valence-corrected chi connectivity index (χ4v) is 3.13. The van der Waals surface area contributed by atoms with Crippen molar-refractivity contribution in [2.24, 2.45) is 0 Å². The van der Waals surface area contributed by atoms with E-state index in [1.54, 1.807) is 14.2 Å². The lowest BCUT2D eigenvalue weighted by molar-refractivity contribution is 0.167. The van der Waals surface area contributed by atoms with Crippen LogP contribution in [0.15, 0.2) is 18.2 Å². The quantitative estimate of drug-likeness (QED) is 0.781. The summed E-state index contributed by atoms with van der Waals surface area (Å²) in [6.07, 6.45) is 0. The zero-order valence-corrected chi connectivity index (χ0v) is 12.9. The minimum atomic E-state index is 0.503. The molecule has 1 aliphatic rings. The highest BCUT2D eigenvalue weighted by Gasteiger charge is 2.24. The molecule has 0 unspecified atom stereocenters. The minimum absolute atomic E-state index is 0.503. The number of ether oxygens (including phenoxy) is 4. The van der Waals surface area contributed by atoms with Crippen LogP contribution in [0.5, 0.6) is 23.0 Å². The van der Waals surface area contributed by atoms with Gasteiger partial charge in [-0.2, -0.15) is 0 Å². The second-order valence-corrected chi connectivity index (χ2v) is 5.39. The van der Waals surface area contributed by atoms with E-state index < -0.39 is 0 Å². The van der Waals surface area contributed by atoms with Crippen molar-refractivity contribution in [1.82, 2.24) is 4.98 Å². The number of hydrogen-bond acceptors (Lipinski definition) is 4. The molecule has 6 heteroatoms. The van der Waals surface area contributed by atoms with Gasteiger partial charge in [-0.15, -0.1) is 0 Å². The number of nitrogens with one attached hydrogen (secondary N) is 1. The summed E-state index contributed by atoms with van der Waals surface area (Å²) in [6.45, 7) is 1.01. The van der Waals surface area contributed by atoms with Crippen LogP contribution in [-0.2, 0) is 0 Å². The fraction of sp³-hybridized carbons (Fsp3) is 0.250. The average Bonchev–Trinajstić information content (AvgIpc) is 2.92. The van der Waals surface area contributed by atoms with E-state index >= 15 is 0 Å². The van der Waals surface area contributed by atoms with Gasteiger partial charge in [0.2, 0.25) is 5.75 Å². The molecule has 4 rings (SSSR count). The molecule has 0 aliphatic carbocycles. The first kappa shape index (κ1) is 13.4. The third-order valence-electron chi connectivity index (χ3n) is 3.85. The van der Waals surface area contributed by atoms with Gasteiger partial charge in [0.15, 0.2) is 17.2 Å². The third-order valence-corrected chi connectivity index (χ3v) is 4.15. The number of H-pyrrole nitrogens is 1. The second kappa shape index (κ2) is 4.88. The van der Waals surface area contributed by atoms with Gasteiger partial charge in [0.05, 0.1) is 30.3 Å². The van der Waals surface area contributed by atoms with Crippen LogP contribution in [0.4, 0.5) is 0 Å². The first-order valence-corrected chi connectivity index (χ1v) is 7.27. The number of benzene rings is 2. The Morgan fingerprint density at radius 1 is 1.00 bits per heavy atom. The predicted octanol–water partition coefficient (Wildman–Crippen LogP) is 3.76. The van der Waals surface area contributed by atoms with Crippen molar-refractivity contribution < 1.29 is 18.9 Å². The maximum absolute atomic E-state index is 6.21. The number of hydrogen-bond donors (Lipinski definition) is 1. The molecule has 1 aliphatic heterocycles. The Balaban J connectivity index is 2.15. The van der Waals surface area contributed by atoms with Gasteiger partial charge in [0, 0.05) is 10.8 Å². The van der Waals surface area contributed by atoms with E-state index in [0.717, 1.165) is 21.8 Å². The Morgan fingerprint density at radius 3 is 2.50 bits per heavy atom. The van der Waals surface area contributed by atoms with Gasteiger partial charge in [-0.25, -0.2) is 0 Å². The molecule has 114 valence electrons. The molecule has 5 nitrogen and oxygen atoms in total. The van der Waals surface area contributed by atoms with Crippen LogP contribution in [0.1, 0.15) is 0 Å². The average molecular weight is 320 g/mol. The van der Waals surface area contributed by atoms with Crippen molar-refractivity contribution in [2.75, 3.05) is 27.4 Å². The largest absolute Gasteiger partial charge is 0.493 e. The molecule has 2 heterocycles. The first-order chi connectivity index (χ1) is 10.7. The molecule has 22 heavy (non-hydrogen) atoms. The maximum Gasteiger partial charge on any atom is 0.205 e. The summed E-state index contributed by atoms with van der Waals surface area (Å²) in [6, 6.07) is 5.71. The molecule has 0 saturated carbocycles. The van der Waals surface area contributed by atoms with Gasteiger partial charge in [-0.1, -0.05) is 17.7 Å². The highest BCUT2D eigenvalue weighted by molar-refractivity contribution is 6.33. The molecule has 0 atom stereocenters. The second-order valence-electron chi connectivity index (χ2n) is 4.98. The van der Waals surface area contributed by atoms with Gasteiger partial charge < -0.3 is 23.9 Å². The van der Waals surface area contributed by atoms with E-state index in [-0.39, 0.29) is 0 Å². The van der Waals surface area contributed by atoms with Crippen molar-refractivity contribution in [3.63, 3.8) is 0 Å². The monoisotopic (exact) mass is 319 g/mol. The predicted molar refractivity (Wildman–Crippen MR) is 84.9 cm³/mol. The lowest BCUT2D eigenvalue weighted by Gasteiger charge is -2.21. The summed E-state index contributed by atoms with van der Waals surface area (Å²) < 4.78 is 22.4. The zero-order chi connectivity index (χ0) is 15.3. The molecule has 0 bridgehead atoms. The zero-order valence-electron chi connectivity index (χ0n) is 12.2. The molecule has 1 N–H and O–H groups in total. The maximum atomic E-state index is 6.21. The fourth-order valence-electron chi connectivity index (χ4n) is 2.90. The number of rotatable bonds is 2. The van der Waals surface area contributed by atoms with Crippen molar-refractivity contribution in [1.29, 1.82) is 0 Å². The number of halogens is 1. The molecular formula is C16H14ClNO4. The van der Waals surface area contributed by atoms with Crippen molar-refractivity contribution in [3.05, 3.63) is 23.2 Å². The molecule has 1 aromatic heterocycles. The molecule has 0 amide bonds. The van der Waals surface area contributed by atoms with Gasteiger partial charge in [-0.05, 0) is 12.1 Å². The smallest absolute Gasteiger partial charge is 0.205 e. The summed E-state index contributed by atoms with van der Waals surface area (Å²) >= 11 is 6.21. The molecule has 0 radical (unpaired) electrons. The summed E-state index contributed by atoms with van der Waals surface area (Å²) in [4.78, 5) is 3.35. The standard InChI is InChI=1S/C16H14ClNO4/c1-19-11-7-9-8-3-4-10(17)14(20-2)12(8)18-13(9)16-15(11)21-5-6-22-16/h3-4,7,18H,5-6H2,1-2H3. The molecule has 0 spiro atoms. The first-order valence-electron chi connectivity index (χ1n) is 6.89. The van der Waals surface area contributed by atoms with Crippen LogP contribution in [0, 0.1) is 0 Å². The van der Waals surface area contributed by atoms with E-state index in [9.17, 15) is 0 Å². The summed E-state index contributed by atoms with van der Waals surface area (Å²) in [7, 11) is 3.22. The normalized spacial score (nSPS) is 13.6.